The van der Waals surface area contributed by atoms with Crippen molar-refractivity contribution in [3.63, 3.8) is 0 Å². The molecule has 2 rings (SSSR count). The number of halogens is 1. The summed E-state index contributed by atoms with van der Waals surface area (Å²) in [5.74, 6) is 0.283. The summed E-state index contributed by atoms with van der Waals surface area (Å²) in [6.07, 6.45) is 1.52. The van der Waals surface area contributed by atoms with Crippen LogP contribution >= 0.6 is 15.9 Å². The van der Waals surface area contributed by atoms with Gasteiger partial charge < -0.3 is 0 Å². The van der Waals surface area contributed by atoms with E-state index in [1.807, 2.05) is 0 Å². The Kier molecular flexibility index (Phi) is 3.35. The second-order valence-corrected chi connectivity index (χ2v) is 5.93. The van der Waals surface area contributed by atoms with Gasteiger partial charge in [-0.1, -0.05) is 11.3 Å². The minimum absolute atomic E-state index is 0.0486. The molecule has 2 heterocycles. The van der Waals surface area contributed by atoms with E-state index in [-0.39, 0.29) is 15.4 Å². The summed E-state index contributed by atoms with van der Waals surface area (Å²) in [4.78, 5) is 3.98. The van der Waals surface area contributed by atoms with Crippen molar-refractivity contribution in [3.05, 3.63) is 28.5 Å². The third-order valence-corrected chi connectivity index (χ3v) is 4.46. The van der Waals surface area contributed by atoms with Crippen molar-refractivity contribution >= 4 is 31.8 Å². The molecule has 2 aromatic heterocycles. The van der Waals surface area contributed by atoms with E-state index < -0.39 is 10.0 Å². The highest BCUT2D eigenvalue weighted by atomic mass is 79.9. The third kappa shape index (κ3) is 2.36. The monoisotopic (exact) mass is 331 g/mol. The average molecular weight is 332 g/mol. The molecule has 96 valence electrons. The van der Waals surface area contributed by atoms with Crippen molar-refractivity contribution in [2.75, 3.05) is 4.72 Å². The van der Waals surface area contributed by atoms with Gasteiger partial charge in [0, 0.05) is 13.2 Å². The topological polar surface area (TPSA) is 89.8 Å². The molecule has 0 fully saturated rings. The maximum Gasteiger partial charge on any atom is 0.283 e. The number of hydrogen-bond donors (Lipinski definition) is 1. The van der Waals surface area contributed by atoms with E-state index >= 15 is 0 Å². The molecular formula is C9H10BrN5O2S. The Bertz CT molecular complexity index is 663. The van der Waals surface area contributed by atoms with Crippen LogP contribution < -0.4 is 4.72 Å². The Morgan fingerprint density at radius 2 is 2.17 bits per heavy atom. The number of pyridine rings is 1. The minimum atomic E-state index is -3.78. The molecule has 1 N–H and O–H groups in total. The van der Waals surface area contributed by atoms with Gasteiger partial charge in [-0.15, -0.1) is 5.10 Å². The van der Waals surface area contributed by atoms with E-state index in [0.29, 0.717) is 0 Å². The van der Waals surface area contributed by atoms with Gasteiger partial charge in [0.15, 0.2) is 4.60 Å². The van der Waals surface area contributed by atoms with Gasteiger partial charge in [0.05, 0.1) is 0 Å². The maximum absolute atomic E-state index is 12.2. The van der Waals surface area contributed by atoms with E-state index in [1.54, 1.807) is 19.1 Å². The Morgan fingerprint density at radius 3 is 2.72 bits per heavy atom. The van der Waals surface area contributed by atoms with Crippen molar-refractivity contribution in [3.8, 4) is 0 Å². The van der Waals surface area contributed by atoms with Gasteiger partial charge >= 0.3 is 0 Å². The molecule has 0 aliphatic rings. The molecule has 18 heavy (non-hydrogen) atoms. The fourth-order valence-electron chi connectivity index (χ4n) is 1.38. The van der Waals surface area contributed by atoms with Crippen molar-refractivity contribution in [1.82, 2.24) is 20.0 Å². The predicted octanol–water partition coefficient (Wildman–Crippen LogP) is 1.08. The summed E-state index contributed by atoms with van der Waals surface area (Å²) in [6.45, 7) is 1.77. The molecule has 0 amide bonds. The maximum atomic E-state index is 12.2. The molecule has 0 saturated carbocycles. The van der Waals surface area contributed by atoms with Crippen LogP contribution in [0.5, 0.6) is 0 Å². The standard InChI is InChI=1S/C9H10BrN5O2S/c1-6-4-3-5-11-8(6)13-18(16,17)9-7(10)12-14-15(9)2/h3-5H,1-2H3,(H,11,13). The summed E-state index contributed by atoms with van der Waals surface area (Å²) in [5.41, 5.74) is 0.729. The number of aromatic nitrogens is 4. The van der Waals surface area contributed by atoms with Gasteiger partial charge in [-0.25, -0.2) is 9.67 Å². The lowest BCUT2D eigenvalue weighted by Gasteiger charge is -2.08. The second kappa shape index (κ2) is 4.65. The molecule has 0 aliphatic heterocycles. The van der Waals surface area contributed by atoms with Crippen LogP contribution in [0.25, 0.3) is 0 Å². The minimum Gasteiger partial charge on any atom is -0.262 e. The summed E-state index contributed by atoms with van der Waals surface area (Å²) in [7, 11) is -2.28. The zero-order valence-corrected chi connectivity index (χ0v) is 12.0. The van der Waals surface area contributed by atoms with Crippen molar-refractivity contribution in [2.24, 2.45) is 7.05 Å². The van der Waals surface area contributed by atoms with Crippen LogP contribution in [0.3, 0.4) is 0 Å². The van der Waals surface area contributed by atoms with Crippen LogP contribution in [-0.4, -0.2) is 28.4 Å². The molecule has 0 saturated heterocycles. The first-order valence-corrected chi connectivity index (χ1v) is 7.19. The molecule has 2 aromatic rings. The van der Waals surface area contributed by atoms with E-state index in [0.717, 1.165) is 5.56 Å². The van der Waals surface area contributed by atoms with Crippen molar-refractivity contribution in [1.29, 1.82) is 0 Å². The third-order valence-electron chi connectivity index (χ3n) is 2.23. The zero-order chi connectivity index (χ0) is 13.3. The van der Waals surface area contributed by atoms with Gasteiger partial charge in [-0.2, -0.15) is 8.42 Å². The summed E-state index contributed by atoms with van der Waals surface area (Å²) in [6, 6.07) is 3.50. The fraction of sp³-hybridized carbons (Fsp3) is 0.222. The van der Waals surface area contributed by atoms with Crippen molar-refractivity contribution < 1.29 is 8.42 Å². The predicted molar refractivity (Wildman–Crippen MR) is 68.5 cm³/mol. The smallest absolute Gasteiger partial charge is 0.262 e. The van der Waals surface area contributed by atoms with Crippen molar-refractivity contribution in [2.45, 2.75) is 11.9 Å². The summed E-state index contributed by atoms with van der Waals surface area (Å²) >= 11 is 3.05. The molecule has 9 heteroatoms. The molecular weight excluding hydrogens is 322 g/mol. The molecule has 0 radical (unpaired) electrons. The quantitative estimate of drug-likeness (QED) is 0.908. The number of anilines is 1. The first-order valence-electron chi connectivity index (χ1n) is 4.91. The highest BCUT2D eigenvalue weighted by Crippen LogP contribution is 2.21. The zero-order valence-electron chi connectivity index (χ0n) is 9.62. The molecule has 7 nitrogen and oxygen atoms in total. The van der Waals surface area contributed by atoms with E-state index in [9.17, 15) is 8.42 Å². The largest absolute Gasteiger partial charge is 0.283 e. The Morgan fingerprint density at radius 1 is 1.44 bits per heavy atom. The first kappa shape index (κ1) is 13.0. The highest BCUT2D eigenvalue weighted by Gasteiger charge is 2.24. The van der Waals surface area contributed by atoms with Crippen LogP contribution in [0.2, 0.25) is 0 Å². The molecule has 0 aromatic carbocycles. The Labute approximate surface area is 112 Å². The Hall–Kier alpha value is -1.48. The lowest BCUT2D eigenvalue weighted by Crippen LogP contribution is -2.18. The summed E-state index contributed by atoms with van der Waals surface area (Å²) in [5, 5.41) is 7.21. The second-order valence-electron chi connectivity index (χ2n) is 3.58. The molecule has 0 bridgehead atoms. The van der Waals surface area contributed by atoms with Gasteiger partial charge in [0.25, 0.3) is 10.0 Å². The number of rotatable bonds is 3. The SMILES string of the molecule is Cc1cccnc1NS(=O)(=O)c1c(Br)nnn1C. The van der Waals surface area contributed by atoms with Gasteiger partial charge in [-0.3, -0.25) is 4.72 Å². The molecule has 0 spiro atoms. The van der Waals surface area contributed by atoms with Gasteiger partial charge in [0.2, 0.25) is 5.03 Å². The number of sulfonamides is 1. The number of hydrogen-bond acceptors (Lipinski definition) is 5. The van der Waals surface area contributed by atoms with E-state index in [1.165, 1.54) is 17.9 Å². The highest BCUT2D eigenvalue weighted by molar-refractivity contribution is 9.10. The van der Waals surface area contributed by atoms with Crippen LogP contribution in [0.4, 0.5) is 5.82 Å². The Balaban J connectivity index is 2.43. The number of nitrogens with one attached hydrogen (secondary N) is 1. The van der Waals surface area contributed by atoms with Gasteiger partial charge in [0.1, 0.15) is 5.82 Å². The lowest BCUT2D eigenvalue weighted by molar-refractivity contribution is 0.578. The molecule has 0 aliphatic carbocycles. The lowest BCUT2D eigenvalue weighted by atomic mass is 10.3. The average Bonchev–Trinajstić information content (AvgIpc) is 2.62. The van der Waals surface area contributed by atoms with E-state index in [4.69, 9.17) is 0 Å². The van der Waals surface area contributed by atoms with E-state index in [2.05, 4.69) is 35.9 Å². The van der Waals surface area contributed by atoms with Crippen LogP contribution in [0.1, 0.15) is 5.56 Å². The normalized spacial score (nSPS) is 11.5. The fourth-order valence-corrected chi connectivity index (χ4v) is 3.55. The molecule has 0 unspecified atom stereocenters. The summed E-state index contributed by atoms with van der Waals surface area (Å²) < 4.78 is 28.1. The number of aryl methyl sites for hydroxylation is 2. The first-order chi connectivity index (χ1) is 8.42. The van der Waals surface area contributed by atoms with Crippen LogP contribution in [-0.2, 0) is 17.1 Å². The molecule has 0 atom stereocenters. The number of nitrogens with zero attached hydrogens (tertiary/aromatic N) is 4. The van der Waals surface area contributed by atoms with Crippen LogP contribution in [0, 0.1) is 6.92 Å². The van der Waals surface area contributed by atoms with Crippen LogP contribution in [0.15, 0.2) is 28.0 Å². The van der Waals surface area contributed by atoms with Gasteiger partial charge in [-0.05, 0) is 34.5 Å².